The molecule has 2 rings (SSSR count). The highest BCUT2D eigenvalue weighted by Crippen LogP contribution is 2.25. The standard InChI is InChI=1S/C15H16ClN3O/c1-19(10-11-5-3-2-4-6-11)14-9-12(16)7-8-13(14)15(17)18-20/h2-9,20H,10H2,1H3,(H2,17,18). The molecule has 4 nitrogen and oxygen atoms in total. The SMILES string of the molecule is CN(Cc1ccccc1)c1cc(Cl)ccc1C(N)=NO. The number of hydrogen-bond acceptors (Lipinski definition) is 3. The van der Waals surface area contributed by atoms with E-state index in [1.54, 1.807) is 18.2 Å². The van der Waals surface area contributed by atoms with Crippen LogP contribution in [0.15, 0.2) is 53.7 Å². The first-order chi connectivity index (χ1) is 9.61. The zero-order valence-corrected chi connectivity index (χ0v) is 11.9. The monoisotopic (exact) mass is 289 g/mol. The number of anilines is 1. The van der Waals surface area contributed by atoms with Crippen molar-refractivity contribution in [3.8, 4) is 0 Å². The Hall–Kier alpha value is -2.20. The summed E-state index contributed by atoms with van der Waals surface area (Å²) in [5.74, 6) is 0.0663. The van der Waals surface area contributed by atoms with Crippen LogP contribution in [0.4, 0.5) is 5.69 Å². The molecule has 0 saturated heterocycles. The Bertz CT molecular complexity index is 614. The van der Waals surface area contributed by atoms with Crippen LogP contribution in [0.25, 0.3) is 0 Å². The zero-order valence-electron chi connectivity index (χ0n) is 11.1. The van der Waals surface area contributed by atoms with Gasteiger partial charge in [0.15, 0.2) is 5.84 Å². The number of benzene rings is 2. The summed E-state index contributed by atoms with van der Waals surface area (Å²) in [5, 5.41) is 12.5. The van der Waals surface area contributed by atoms with E-state index < -0.39 is 0 Å². The normalized spacial score (nSPS) is 11.4. The molecule has 0 atom stereocenters. The molecule has 2 aromatic carbocycles. The molecule has 2 aromatic rings. The average molecular weight is 290 g/mol. The molecule has 0 radical (unpaired) electrons. The van der Waals surface area contributed by atoms with Gasteiger partial charge < -0.3 is 15.8 Å². The summed E-state index contributed by atoms with van der Waals surface area (Å²) >= 11 is 6.04. The topological polar surface area (TPSA) is 61.8 Å². The highest BCUT2D eigenvalue weighted by molar-refractivity contribution is 6.31. The van der Waals surface area contributed by atoms with Crippen molar-refractivity contribution < 1.29 is 5.21 Å². The largest absolute Gasteiger partial charge is 0.409 e. The van der Waals surface area contributed by atoms with Crippen LogP contribution in [-0.2, 0) is 6.54 Å². The first-order valence-corrected chi connectivity index (χ1v) is 6.52. The minimum Gasteiger partial charge on any atom is -0.409 e. The molecule has 0 aromatic heterocycles. The van der Waals surface area contributed by atoms with Crippen LogP contribution in [0.2, 0.25) is 5.02 Å². The van der Waals surface area contributed by atoms with Crippen LogP contribution in [0.1, 0.15) is 11.1 Å². The number of rotatable bonds is 4. The molecular weight excluding hydrogens is 274 g/mol. The molecule has 0 aliphatic rings. The number of nitrogens with two attached hydrogens (primary N) is 1. The average Bonchev–Trinajstić information content (AvgIpc) is 2.47. The van der Waals surface area contributed by atoms with Gasteiger partial charge in [0.1, 0.15) is 0 Å². The van der Waals surface area contributed by atoms with Crippen LogP contribution in [0.5, 0.6) is 0 Å². The van der Waals surface area contributed by atoms with Gasteiger partial charge in [-0.3, -0.25) is 0 Å². The number of hydrogen-bond donors (Lipinski definition) is 2. The van der Waals surface area contributed by atoms with Gasteiger partial charge >= 0.3 is 0 Å². The number of amidine groups is 1. The number of oxime groups is 1. The maximum absolute atomic E-state index is 8.86. The van der Waals surface area contributed by atoms with Gasteiger partial charge in [-0.05, 0) is 23.8 Å². The summed E-state index contributed by atoms with van der Waals surface area (Å²) in [6.07, 6.45) is 0. The highest BCUT2D eigenvalue weighted by Gasteiger charge is 2.12. The summed E-state index contributed by atoms with van der Waals surface area (Å²) in [6.45, 7) is 0.701. The molecule has 0 unspecified atom stereocenters. The summed E-state index contributed by atoms with van der Waals surface area (Å²) in [7, 11) is 1.94. The van der Waals surface area contributed by atoms with Crippen LogP contribution in [0, 0.1) is 0 Å². The fourth-order valence-corrected chi connectivity index (χ4v) is 2.20. The van der Waals surface area contributed by atoms with Gasteiger partial charge in [-0.25, -0.2) is 0 Å². The van der Waals surface area contributed by atoms with Crippen molar-refractivity contribution in [3.63, 3.8) is 0 Å². The van der Waals surface area contributed by atoms with Gasteiger partial charge in [-0.2, -0.15) is 0 Å². The van der Waals surface area contributed by atoms with Crippen molar-refractivity contribution in [1.82, 2.24) is 0 Å². The molecule has 0 fully saturated rings. The Kier molecular flexibility index (Phi) is 4.48. The summed E-state index contributed by atoms with van der Waals surface area (Å²) in [5.41, 5.74) is 8.34. The Morgan fingerprint density at radius 1 is 1.25 bits per heavy atom. The molecule has 0 saturated carbocycles. The lowest BCUT2D eigenvalue weighted by atomic mass is 10.1. The third-order valence-corrected chi connectivity index (χ3v) is 3.25. The van der Waals surface area contributed by atoms with Crippen LogP contribution < -0.4 is 10.6 Å². The van der Waals surface area contributed by atoms with E-state index in [4.69, 9.17) is 22.5 Å². The first-order valence-electron chi connectivity index (χ1n) is 6.14. The zero-order chi connectivity index (χ0) is 14.5. The second-order valence-electron chi connectivity index (χ2n) is 4.49. The minimum absolute atomic E-state index is 0.0663. The Morgan fingerprint density at radius 3 is 2.60 bits per heavy atom. The lowest BCUT2D eigenvalue weighted by Crippen LogP contribution is -2.22. The maximum atomic E-state index is 8.86. The van der Waals surface area contributed by atoms with Crippen molar-refractivity contribution in [1.29, 1.82) is 0 Å². The molecule has 0 heterocycles. The molecule has 0 bridgehead atoms. The number of halogens is 1. The van der Waals surface area contributed by atoms with Gasteiger partial charge in [0.25, 0.3) is 0 Å². The van der Waals surface area contributed by atoms with Crippen molar-refractivity contribution in [2.75, 3.05) is 11.9 Å². The molecular formula is C15H16ClN3O. The molecule has 0 amide bonds. The van der Waals surface area contributed by atoms with Crippen molar-refractivity contribution in [2.45, 2.75) is 6.54 Å². The quantitative estimate of drug-likeness (QED) is 0.393. The van der Waals surface area contributed by atoms with E-state index in [0.29, 0.717) is 17.1 Å². The van der Waals surface area contributed by atoms with Gasteiger partial charge in [0.2, 0.25) is 0 Å². The number of nitrogens with zero attached hydrogens (tertiary/aromatic N) is 2. The minimum atomic E-state index is 0.0663. The second kappa shape index (κ2) is 6.30. The Labute approximate surface area is 123 Å². The summed E-state index contributed by atoms with van der Waals surface area (Å²) in [6, 6.07) is 15.3. The highest BCUT2D eigenvalue weighted by atomic mass is 35.5. The van der Waals surface area contributed by atoms with E-state index in [9.17, 15) is 0 Å². The van der Waals surface area contributed by atoms with E-state index in [2.05, 4.69) is 5.16 Å². The summed E-state index contributed by atoms with van der Waals surface area (Å²) in [4.78, 5) is 2.01. The molecule has 0 spiro atoms. The molecule has 5 heteroatoms. The molecule has 0 aliphatic carbocycles. The maximum Gasteiger partial charge on any atom is 0.172 e. The van der Waals surface area contributed by atoms with E-state index in [0.717, 1.165) is 5.69 Å². The second-order valence-corrected chi connectivity index (χ2v) is 4.92. The fraction of sp³-hybridized carbons (Fsp3) is 0.133. The summed E-state index contributed by atoms with van der Waals surface area (Å²) < 4.78 is 0. The molecule has 3 N–H and O–H groups in total. The van der Waals surface area contributed by atoms with Gasteiger partial charge in [-0.15, -0.1) is 0 Å². The van der Waals surface area contributed by atoms with E-state index in [1.165, 1.54) is 5.56 Å². The predicted molar refractivity (Wildman–Crippen MR) is 82.5 cm³/mol. The Morgan fingerprint density at radius 2 is 1.95 bits per heavy atom. The lowest BCUT2D eigenvalue weighted by molar-refractivity contribution is 0.318. The molecule has 104 valence electrons. The van der Waals surface area contributed by atoms with Crippen molar-refractivity contribution >= 4 is 23.1 Å². The van der Waals surface area contributed by atoms with Gasteiger partial charge in [0.05, 0.1) is 0 Å². The smallest absolute Gasteiger partial charge is 0.172 e. The van der Waals surface area contributed by atoms with Crippen LogP contribution in [-0.4, -0.2) is 18.1 Å². The van der Waals surface area contributed by atoms with Crippen LogP contribution in [0.3, 0.4) is 0 Å². The lowest BCUT2D eigenvalue weighted by Gasteiger charge is -2.22. The van der Waals surface area contributed by atoms with Crippen molar-refractivity contribution in [2.24, 2.45) is 10.9 Å². The molecule has 0 aliphatic heterocycles. The van der Waals surface area contributed by atoms with Crippen molar-refractivity contribution in [3.05, 3.63) is 64.7 Å². The van der Waals surface area contributed by atoms with E-state index in [-0.39, 0.29) is 5.84 Å². The predicted octanol–water partition coefficient (Wildman–Crippen LogP) is 3.07. The first kappa shape index (κ1) is 14.2. The molecule has 20 heavy (non-hydrogen) atoms. The third-order valence-electron chi connectivity index (χ3n) is 3.02. The van der Waals surface area contributed by atoms with E-state index >= 15 is 0 Å². The Balaban J connectivity index is 2.33. The van der Waals surface area contributed by atoms with Gasteiger partial charge in [-0.1, -0.05) is 47.1 Å². The van der Waals surface area contributed by atoms with E-state index in [1.807, 2.05) is 42.3 Å². The third kappa shape index (κ3) is 3.22. The fourth-order valence-electron chi connectivity index (χ4n) is 2.03. The van der Waals surface area contributed by atoms with Gasteiger partial charge in [0, 0.05) is 29.9 Å². The van der Waals surface area contributed by atoms with Crippen LogP contribution >= 0.6 is 11.6 Å².